The van der Waals surface area contributed by atoms with Gasteiger partial charge in [0.25, 0.3) is 5.91 Å². The fourth-order valence-electron chi connectivity index (χ4n) is 1.80. The Balaban J connectivity index is 2.02. The Morgan fingerprint density at radius 2 is 2.28 bits per heavy atom. The minimum Gasteiger partial charge on any atom is -0.396 e. The Kier molecular flexibility index (Phi) is 3.88. The van der Waals surface area contributed by atoms with E-state index in [4.69, 9.17) is 11.6 Å². The summed E-state index contributed by atoms with van der Waals surface area (Å²) in [6.45, 7) is 2.61. The summed E-state index contributed by atoms with van der Waals surface area (Å²) in [5, 5.41) is 12.4. The molecular weight excluding hydrogens is 252 g/mol. The quantitative estimate of drug-likeness (QED) is 0.801. The first-order valence-electron chi connectivity index (χ1n) is 6.14. The Hall–Kier alpha value is -1.13. The highest BCUT2D eigenvalue weighted by molar-refractivity contribution is 6.29. The molecule has 0 spiro atoms. The maximum atomic E-state index is 12.0. The molecule has 1 saturated carbocycles. The van der Waals surface area contributed by atoms with Crippen LogP contribution in [-0.4, -0.2) is 29.1 Å². The molecule has 0 saturated heterocycles. The summed E-state index contributed by atoms with van der Waals surface area (Å²) >= 11 is 5.87. The molecule has 1 aromatic heterocycles. The number of nitrogens with zero attached hydrogens (tertiary/aromatic N) is 1. The molecule has 4 nitrogen and oxygen atoms in total. The van der Waals surface area contributed by atoms with E-state index in [1.165, 1.54) is 0 Å². The van der Waals surface area contributed by atoms with Gasteiger partial charge in [0, 0.05) is 23.2 Å². The number of halogens is 1. The van der Waals surface area contributed by atoms with Crippen LogP contribution in [0.3, 0.4) is 0 Å². The van der Waals surface area contributed by atoms with Crippen LogP contribution >= 0.6 is 11.6 Å². The van der Waals surface area contributed by atoms with Crippen LogP contribution in [0.4, 0.5) is 0 Å². The number of nitrogens with one attached hydrogen (secondary N) is 1. The van der Waals surface area contributed by atoms with E-state index in [1.54, 1.807) is 12.1 Å². The van der Waals surface area contributed by atoms with E-state index < -0.39 is 0 Å². The van der Waals surface area contributed by atoms with Crippen LogP contribution in [0.15, 0.2) is 12.1 Å². The van der Waals surface area contributed by atoms with Crippen molar-refractivity contribution in [3.8, 4) is 0 Å². The third-order valence-corrected chi connectivity index (χ3v) is 3.58. The lowest BCUT2D eigenvalue weighted by Gasteiger charge is -2.13. The highest BCUT2D eigenvalue weighted by Gasteiger charge is 2.42. The number of pyridine rings is 1. The van der Waals surface area contributed by atoms with Gasteiger partial charge in [-0.25, -0.2) is 4.98 Å². The smallest absolute Gasteiger partial charge is 0.251 e. The van der Waals surface area contributed by atoms with Gasteiger partial charge in [0.15, 0.2) is 0 Å². The molecule has 0 aromatic carbocycles. The fraction of sp³-hybridized carbons (Fsp3) is 0.538. The topological polar surface area (TPSA) is 62.2 Å². The van der Waals surface area contributed by atoms with Crippen molar-refractivity contribution in [1.82, 2.24) is 10.3 Å². The van der Waals surface area contributed by atoms with Gasteiger partial charge in [-0.05, 0) is 31.4 Å². The van der Waals surface area contributed by atoms with Crippen LogP contribution in [0, 0.1) is 5.41 Å². The van der Waals surface area contributed by atoms with Gasteiger partial charge in [-0.2, -0.15) is 0 Å². The van der Waals surface area contributed by atoms with Crippen molar-refractivity contribution in [3.05, 3.63) is 28.5 Å². The van der Waals surface area contributed by atoms with Crippen molar-refractivity contribution in [3.63, 3.8) is 0 Å². The largest absolute Gasteiger partial charge is 0.396 e. The van der Waals surface area contributed by atoms with Crippen molar-refractivity contribution in [1.29, 1.82) is 0 Å². The van der Waals surface area contributed by atoms with Gasteiger partial charge in [0.05, 0.1) is 6.61 Å². The van der Waals surface area contributed by atoms with Crippen molar-refractivity contribution in [2.75, 3.05) is 13.2 Å². The van der Waals surface area contributed by atoms with Gasteiger partial charge >= 0.3 is 0 Å². The van der Waals surface area contributed by atoms with Gasteiger partial charge in [-0.3, -0.25) is 4.79 Å². The first-order valence-corrected chi connectivity index (χ1v) is 6.52. The lowest BCUT2D eigenvalue weighted by Crippen LogP contribution is -2.31. The average Bonchev–Trinajstić information content (AvgIpc) is 3.16. The van der Waals surface area contributed by atoms with Crippen LogP contribution in [0.25, 0.3) is 0 Å². The number of carbonyl (C=O) groups is 1. The molecule has 98 valence electrons. The zero-order chi connectivity index (χ0) is 13.2. The average molecular weight is 269 g/mol. The second-order valence-corrected chi connectivity index (χ2v) is 5.25. The van der Waals surface area contributed by atoms with Crippen molar-refractivity contribution in [2.45, 2.75) is 26.2 Å². The van der Waals surface area contributed by atoms with Gasteiger partial charge in [-0.15, -0.1) is 0 Å². The second-order valence-electron chi connectivity index (χ2n) is 4.86. The zero-order valence-corrected chi connectivity index (χ0v) is 11.1. The van der Waals surface area contributed by atoms with E-state index >= 15 is 0 Å². The standard InChI is InChI=1S/C13H17ClN2O2/c1-2-10-5-9(6-11(14)16-10)12(18)15-7-13(8-17)3-4-13/h5-6,17H,2-4,7-8H2,1H3,(H,15,18). The summed E-state index contributed by atoms with van der Waals surface area (Å²) < 4.78 is 0. The van der Waals surface area contributed by atoms with Crippen molar-refractivity contribution in [2.24, 2.45) is 5.41 Å². The molecule has 0 bridgehead atoms. The lowest BCUT2D eigenvalue weighted by atomic mass is 10.1. The number of carbonyl (C=O) groups excluding carboxylic acids is 1. The zero-order valence-electron chi connectivity index (χ0n) is 10.4. The monoisotopic (exact) mass is 268 g/mol. The Labute approximate surface area is 111 Å². The lowest BCUT2D eigenvalue weighted by molar-refractivity contribution is 0.0935. The number of hydrogen-bond acceptors (Lipinski definition) is 3. The van der Waals surface area contributed by atoms with E-state index in [9.17, 15) is 9.90 Å². The molecule has 2 rings (SSSR count). The Morgan fingerprint density at radius 3 is 2.83 bits per heavy atom. The third kappa shape index (κ3) is 3.00. The number of aryl methyl sites for hydroxylation is 1. The highest BCUT2D eigenvalue weighted by Crippen LogP contribution is 2.44. The number of amides is 1. The van der Waals surface area contributed by atoms with E-state index in [2.05, 4.69) is 10.3 Å². The molecular formula is C13H17ClN2O2. The number of aliphatic hydroxyl groups excluding tert-OH is 1. The molecule has 18 heavy (non-hydrogen) atoms. The Bertz CT molecular complexity index is 458. The maximum Gasteiger partial charge on any atom is 0.251 e. The minimum atomic E-state index is -0.159. The van der Waals surface area contributed by atoms with Crippen molar-refractivity contribution < 1.29 is 9.90 Å². The fourth-order valence-corrected chi connectivity index (χ4v) is 2.03. The van der Waals surface area contributed by atoms with Crippen molar-refractivity contribution >= 4 is 17.5 Å². The third-order valence-electron chi connectivity index (χ3n) is 3.39. The van der Waals surface area contributed by atoms with Crippen LogP contribution < -0.4 is 5.32 Å². The first kappa shape index (κ1) is 13.3. The van der Waals surface area contributed by atoms with Crippen LogP contribution in [-0.2, 0) is 6.42 Å². The highest BCUT2D eigenvalue weighted by atomic mass is 35.5. The van der Waals surface area contributed by atoms with Crippen LogP contribution in [0.5, 0.6) is 0 Å². The van der Waals surface area contributed by atoms with Gasteiger partial charge in [-0.1, -0.05) is 18.5 Å². The van der Waals surface area contributed by atoms with E-state index in [0.717, 1.165) is 25.0 Å². The summed E-state index contributed by atoms with van der Waals surface area (Å²) in [5.41, 5.74) is 1.25. The summed E-state index contributed by atoms with van der Waals surface area (Å²) in [7, 11) is 0. The molecule has 0 atom stereocenters. The number of rotatable bonds is 5. The molecule has 5 heteroatoms. The SMILES string of the molecule is CCc1cc(C(=O)NCC2(CO)CC2)cc(Cl)n1. The molecule has 2 N–H and O–H groups in total. The second kappa shape index (κ2) is 5.24. The molecule has 0 aliphatic heterocycles. The normalized spacial score (nSPS) is 16.4. The first-order chi connectivity index (χ1) is 8.58. The summed E-state index contributed by atoms with van der Waals surface area (Å²) in [6, 6.07) is 3.31. The van der Waals surface area contributed by atoms with E-state index in [-0.39, 0.29) is 17.9 Å². The summed E-state index contributed by atoms with van der Waals surface area (Å²) in [4.78, 5) is 16.1. The predicted molar refractivity (Wildman–Crippen MR) is 69.7 cm³/mol. The minimum absolute atomic E-state index is 0.0833. The number of aliphatic hydroxyl groups is 1. The summed E-state index contributed by atoms with van der Waals surface area (Å²) in [5.74, 6) is -0.159. The van der Waals surface area contributed by atoms with Gasteiger partial charge < -0.3 is 10.4 Å². The van der Waals surface area contributed by atoms with Crippen LogP contribution in [0.1, 0.15) is 35.8 Å². The molecule has 1 amide bonds. The summed E-state index contributed by atoms with van der Waals surface area (Å²) in [6.07, 6.45) is 2.68. The number of hydrogen-bond donors (Lipinski definition) is 2. The molecule has 1 fully saturated rings. The molecule has 1 aliphatic carbocycles. The molecule has 1 aromatic rings. The van der Waals surface area contributed by atoms with Gasteiger partial charge in [0.1, 0.15) is 5.15 Å². The molecule has 0 radical (unpaired) electrons. The Morgan fingerprint density at radius 1 is 1.56 bits per heavy atom. The van der Waals surface area contributed by atoms with E-state index in [0.29, 0.717) is 17.3 Å². The van der Waals surface area contributed by atoms with Gasteiger partial charge in [0.2, 0.25) is 0 Å². The maximum absolute atomic E-state index is 12.0. The molecule has 1 aliphatic rings. The number of aromatic nitrogens is 1. The molecule has 1 heterocycles. The predicted octanol–water partition coefficient (Wildman–Crippen LogP) is 1.80. The van der Waals surface area contributed by atoms with E-state index in [1.807, 2.05) is 6.92 Å². The van der Waals surface area contributed by atoms with Crippen LogP contribution in [0.2, 0.25) is 5.15 Å². The molecule has 0 unspecified atom stereocenters.